The monoisotopic (exact) mass is 347 g/mol. The number of ether oxygens (including phenoxy) is 1. The van der Waals surface area contributed by atoms with Crippen molar-refractivity contribution >= 4 is 27.6 Å². The summed E-state index contributed by atoms with van der Waals surface area (Å²) in [5.74, 6) is -0.0742. The molecule has 0 saturated heterocycles. The highest BCUT2D eigenvalue weighted by Crippen LogP contribution is 2.30. The first kappa shape index (κ1) is 17.6. The largest absolute Gasteiger partial charge is 0.504 e. The van der Waals surface area contributed by atoms with Crippen LogP contribution in [0.25, 0.3) is 6.08 Å². The molecule has 6 nitrogen and oxygen atoms in total. The molecule has 7 heteroatoms. The molecule has 2 aromatic rings. The molecule has 2 N–H and O–H groups in total. The van der Waals surface area contributed by atoms with E-state index in [-0.39, 0.29) is 11.5 Å². The van der Waals surface area contributed by atoms with Crippen LogP contribution >= 0.6 is 0 Å². The molecule has 0 aliphatic heterocycles. The zero-order valence-electron chi connectivity index (χ0n) is 13.2. The van der Waals surface area contributed by atoms with Crippen molar-refractivity contribution in [1.29, 1.82) is 0 Å². The smallest absolute Gasteiger partial charge is 0.229 e. The van der Waals surface area contributed by atoms with Gasteiger partial charge in [0.2, 0.25) is 10.0 Å². The van der Waals surface area contributed by atoms with E-state index in [1.807, 2.05) is 0 Å². The second kappa shape index (κ2) is 7.18. The molecule has 0 radical (unpaired) electrons. The SMILES string of the molecule is COc1cccc(/C=C/C(=O)c2cccc(NS(C)(=O)=O)c2)c1O. The molecule has 0 aromatic heterocycles. The summed E-state index contributed by atoms with van der Waals surface area (Å²) in [6.07, 6.45) is 3.80. The van der Waals surface area contributed by atoms with E-state index in [1.54, 1.807) is 36.4 Å². The van der Waals surface area contributed by atoms with E-state index in [9.17, 15) is 18.3 Å². The fourth-order valence-corrected chi connectivity index (χ4v) is 2.61. The Labute approximate surface area is 140 Å². The lowest BCUT2D eigenvalue weighted by Gasteiger charge is -2.06. The number of hydrogen-bond acceptors (Lipinski definition) is 5. The maximum Gasteiger partial charge on any atom is 0.229 e. The molecule has 0 amide bonds. The van der Waals surface area contributed by atoms with Gasteiger partial charge in [0.25, 0.3) is 0 Å². The predicted octanol–water partition coefficient (Wildman–Crippen LogP) is 2.67. The third-order valence-electron chi connectivity index (χ3n) is 3.11. The van der Waals surface area contributed by atoms with Gasteiger partial charge in [0.05, 0.1) is 13.4 Å². The van der Waals surface area contributed by atoms with E-state index in [4.69, 9.17) is 4.74 Å². The Morgan fingerprint density at radius 1 is 1.21 bits per heavy atom. The first-order valence-corrected chi connectivity index (χ1v) is 8.85. The van der Waals surface area contributed by atoms with E-state index < -0.39 is 10.0 Å². The van der Waals surface area contributed by atoms with Gasteiger partial charge < -0.3 is 9.84 Å². The van der Waals surface area contributed by atoms with Gasteiger partial charge in [-0.05, 0) is 30.4 Å². The van der Waals surface area contributed by atoms with Crippen LogP contribution in [0.1, 0.15) is 15.9 Å². The summed E-state index contributed by atoms with van der Waals surface area (Å²) in [6.45, 7) is 0. The topological polar surface area (TPSA) is 92.7 Å². The third kappa shape index (κ3) is 4.60. The number of phenols is 1. The zero-order chi connectivity index (χ0) is 17.7. The molecular formula is C17H17NO5S. The Morgan fingerprint density at radius 2 is 1.92 bits per heavy atom. The highest BCUT2D eigenvalue weighted by atomic mass is 32.2. The minimum Gasteiger partial charge on any atom is -0.504 e. The molecule has 0 atom stereocenters. The minimum absolute atomic E-state index is 0.0588. The normalized spacial score (nSPS) is 11.4. The van der Waals surface area contributed by atoms with Gasteiger partial charge in [-0.1, -0.05) is 24.3 Å². The van der Waals surface area contributed by atoms with Gasteiger partial charge in [-0.2, -0.15) is 0 Å². The summed E-state index contributed by atoms with van der Waals surface area (Å²) in [5.41, 5.74) is 1.07. The second-order valence-electron chi connectivity index (χ2n) is 5.05. The van der Waals surface area contributed by atoms with Crippen molar-refractivity contribution in [3.8, 4) is 11.5 Å². The molecule has 0 heterocycles. The fourth-order valence-electron chi connectivity index (χ4n) is 2.05. The molecular weight excluding hydrogens is 330 g/mol. The number of methoxy groups -OCH3 is 1. The molecule has 24 heavy (non-hydrogen) atoms. The molecule has 0 bridgehead atoms. The van der Waals surface area contributed by atoms with Crippen molar-refractivity contribution in [3.05, 3.63) is 59.7 Å². The number of nitrogens with one attached hydrogen (secondary N) is 1. The molecule has 0 fully saturated rings. The number of benzene rings is 2. The van der Waals surface area contributed by atoms with E-state index >= 15 is 0 Å². The lowest BCUT2D eigenvalue weighted by Crippen LogP contribution is -2.10. The number of sulfonamides is 1. The first-order valence-electron chi connectivity index (χ1n) is 6.96. The summed E-state index contributed by atoms with van der Waals surface area (Å²) >= 11 is 0. The van der Waals surface area contributed by atoms with Gasteiger partial charge in [-0.15, -0.1) is 0 Å². The maximum absolute atomic E-state index is 12.2. The molecule has 2 rings (SSSR count). The molecule has 126 valence electrons. The second-order valence-corrected chi connectivity index (χ2v) is 6.80. The summed E-state index contributed by atoms with van der Waals surface area (Å²) in [7, 11) is -1.98. The van der Waals surface area contributed by atoms with Crippen molar-refractivity contribution < 1.29 is 23.1 Å². The van der Waals surface area contributed by atoms with Crippen LogP contribution in [-0.2, 0) is 10.0 Å². The Kier molecular flexibility index (Phi) is 5.25. The lowest BCUT2D eigenvalue weighted by molar-refractivity contribution is 0.104. The van der Waals surface area contributed by atoms with Crippen LogP contribution in [0.15, 0.2) is 48.5 Å². The minimum atomic E-state index is -3.41. The molecule has 0 unspecified atom stereocenters. The van der Waals surface area contributed by atoms with Crippen molar-refractivity contribution in [2.24, 2.45) is 0 Å². The number of rotatable bonds is 6. The number of phenolic OH excluding ortho intramolecular Hbond substituents is 1. The van der Waals surface area contributed by atoms with Crippen LogP contribution in [0.2, 0.25) is 0 Å². The number of carbonyl (C=O) groups is 1. The molecule has 0 aliphatic carbocycles. The summed E-state index contributed by atoms with van der Waals surface area (Å²) in [5, 5.41) is 9.98. The molecule has 0 aliphatic rings. The van der Waals surface area contributed by atoms with E-state index in [1.165, 1.54) is 25.3 Å². The average molecular weight is 347 g/mol. The summed E-state index contributed by atoms with van der Waals surface area (Å²) < 4.78 is 29.8. The van der Waals surface area contributed by atoms with E-state index in [2.05, 4.69) is 4.72 Å². The van der Waals surface area contributed by atoms with Crippen LogP contribution in [0.5, 0.6) is 11.5 Å². The Morgan fingerprint density at radius 3 is 2.58 bits per heavy atom. The quantitative estimate of drug-likeness (QED) is 0.619. The van der Waals surface area contributed by atoms with Crippen LogP contribution < -0.4 is 9.46 Å². The number of aromatic hydroxyl groups is 1. The van der Waals surface area contributed by atoms with Crippen LogP contribution in [-0.4, -0.2) is 32.7 Å². The van der Waals surface area contributed by atoms with E-state index in [0.717, 1.165) is 6.26 Å². The van der Waals surface area contributed by atoms with Gasteiger partial charge in [0, 0.05) is 16.8 Å². The maximum atomic E-state index is 12.2. The van der Waals surface area contributed by atoms with E-state index in [0.29, 0.717) is 22.6 Å². The van der Waals surface area contributed by atoms with Gasteiger partial charge in [0.15, 0.2) is 17.3 Å². The third-order valence-corrected chi connectivity index (χ3v) is 3.72. The van der Waals surface area contributed by atoms with Crippen molar-refractivity contribution in [1.82, 2.24) is 0 Å². The number of hydrogen-bond donors (Lipinski definition) is 2. The fraction of sp³-hybridized carbons (Fsp3) is 0.118. The van der Waals surface area contributed by atoms with Gasteiger partial charge in [0.1, 0.15) is 0 Å². The number of allylic oxidation sites excluding steroid dienone is 1. The van der Waals surface area contributed by atoms with Crippen LogP contribution in [0, 0.1) is 0 Å². The summed E-state index contributed by atoms with van der Waals surface area (Å²) in [6, 6.07) is 11.1. The first-order chi connectivity index (χ1) is 11.3. The molecule has 2 aromatic carbocycles. The Balaban J connectivity index is 2.23. The number of ketones is 1. The lowest BCUT2D eigenvalue weighted by atomic mass is 10.1. The molecule has 0 spiro atoms. The highest BCUT2D eigenvalue weighted by molar-refractivity contribution is 7.92. The Bertz CT molecular complexity index is 888. The number of para-hydroxylation sites is 1. The van der Waals surface area contributed by atoms with Gasteiger partial charge >= 0.3 is 0 Å². The predicted molar refractivity (Wildman–Crippen MR) is 92.9 cm³/mol. The van der Waals surface area contributed by atoms with Crippen LogP contribution in [0.3, 0.4) is 0 Å². The summed E-state index contributed by atoms with van der Waals surface area (Å²) in [4.78, 5) is 12.2. The standard InChI is InChI=1S/C17H17NO5S/c1-23-16-8-4-5-12(17(16)20)9-10-15(19)13-6-3-7-14(11-13)18-24(2,21)22/h3-11,18,20H,1-2H3/b10-9+. The van der Waals surface area contributed by atoms with Crippen molar-refractivity contribution in [2.45, 2.75) is 0 Å². The number of anilines is 1. The van der Waals surface area contributed by atoms with Crippen molar-refractivity contribution in [2.75, 3.05) is 18.1 Å². The Hall–Kier alpha value is -2.80. The number of carbonyl (C=O) groups excluding carboxylic acids is 1. The molecule has 0 saturated carbocycles. The van der Waals surface area contributed by atoms with Crippen LogP contribution in [0.4, 0.5) is 5.69 Å². The van der Waals surface area contributed by atoms with Gasteiger partial charge in [-0.25, -0.2) is 8.42 Å². The average Bonchev–Trinajstić information content (AvgIpc) is 2.52. The van der Waals surface area contributed by atoms with Gasteiger partial charge in [-0.3, -0.25) is 9.52 Å². The zero-order valence-corrected chi connectivity index (χ0v) is 14.0. The van der Waals surface area contributed by atoms with Crippen molar-refractivity contribution in [3.63, 3.8) is 0 Å². The highest BCUT2D eigenvalue weighted by Gasteiger charge is 2.08.